The van der Waals surface area contributed by atoms with Crippen LogP contribution in [-0.2, 0) is 14.4 Å². The molecule has 2 heterocycles. The second-order valence-electron chi connectivity index (χ2n) is 9.05. The van der Waals surface area contributed by atoms with Crippen molar-refractivity contribution in [1.82, 2.24) is 4.98 Å². The molecule has 2 fully saturated rings. The first-order valence-corrected chi connectivity index (χ1v) is 13.4. The van der Waals surface area contributed by atoms with Gasteiger partial charge in [-0.3, -0.25) is 14.4 Å². The molecule has 0 unspecified atom stereocenters. The standard InChI is InChI=1S/C26H23N3O5S2/c1-33-16-6-8-19(34-2)18(11-16)27-21(30)12-35-26-28-17-7-5-15(10-20(17)36-26)29-24(31)22-13-3-4-14(9-13)23(22)25(29)32/h3-8,10-11,13-14,22-23H,9,12H2,1-2H3,(H,27,30)/t13-,14-,22-,23+/m0/s1. The van der Waals surface area contributed by atoms with Crippen LogP contribution in [0.1, 0.15) is 6.42 Å². The highest BCUT2D eigenvalue weighted by molar-refractivity contribution is 8.01. The van der Waals surface area contributed by atoms with E-state index in [9.17, 15) is 14.4 Å². The highest BCUT2D eigenvalue weighted by atomic mass is 32.2. The molecule has 1 aromatic heterocycles. The molecule has 3 aliphatic rings. The summed E-state index contributed by atoms with van der Waals surface area (Å²) in [5.41, 5.74) is 1.89. The van der Waals surface area contributed by atoms with Gasteiger partial charge in [0.2, 0.25) is 17.7 Å². The Morgan fingerprint density at radius 1 is 1.08 bits per heavy atom. The van der Waals surface area contributed by atoms with Crippen LogP contribution in [-0.4, -0.2) is 42.7 Å². The number of hydrogen-bond donors (Lipinski definition) is 1. The molecule has 1 saturated heterocycles. The molecule has 6 rings (SSSR count). The number of benzene rings is 2. The number of imide groups is 1. The molecule has 4 atom stereocenters. The van der Waals surface area contributed by atoms with E-state index in [0.29, 0.717) is 22.9 Å². The molecule has 1 N–H and O–H groups in total. The quantitative estimate of drug-likeness (QED) is 0.280. The highest BCUT2D eigenvalue weighted by Crippen LogP contribution is 2.53. The van der Waals surface area contributed by atoms with Crippen molar-refractivity contribution in [2.45, 2.75) is 10.8 Å². The molecule has 10 heteroatoms. The molecule has 2 bridgehead atoms. The van der Waals surface area contributed by atoms with Crippen molar-refractivity contribution >= 4 is 62.4 Å². The van der Waals surface area contributed by atoms with Gasteiger partial charge in [0, 0.05) is 6.07 Å². The lowest BCUT2D eigenvalue weighted by atomic mass is 9.85. The maximum atomic E-state index is 13.1. The average molecular weight is 522 g/mol. The maximum Gasteiger partial charge on any atom is 0.238 e. The topological polar surface area (TPSA) is 97.8 Å². The molecule has 2 aromatic carbocycles. The number of nitrogens with one attached hydrogen (secondary N) is 1. The van der Waals surface area contributed by atoms with E-state index in [4.69, 9.17) is 9.47 Å². The fourth-order valence-electron chi connectivity index (χ4n) is 5.48. The fraction of sp³-hybridized carbons (Fsp3) is 0.308. The first-order valence-electron chi connectivity index (χ1n) is 11.6. The summed E-state index contributed by atoms with van der Waals surface area (Å²) in [4.78, 5) is 44.8. The third-order valence-electron chi connectivity index (χ3n) is 7.09. The third-order valence-corrected chi connectivity index (χ3v) is 9.25. The van der Waals surface area contributed by atoms with Crippen LogP contribution in [0.3, 0.4) is 0 Å². The van der Waals surface area contributed by atoms with E-state index in [1.165, 1.54) is 28.0 Å². The number of ether oxygens (including phenoxy) is 2. The number of carbonyl (C=O) groups is 3. The summed E-state index contributed by atoms with van der Waals surface area (Å²) in [6.07, 6.45) is 5.10. The lowest BCUT2D eigenvalue weighted by Gasteiger charge is -2.17. The van der Waals surface area contributed by atoms with Gasteiger partial charge in [0.15, 0.2) is 4.34 Å². The second-order valence-corrected chi connectivity index (χ2v) is 11.3. The van der Waals surface area contributed by atoms with Crippen molar-refractivity contribution in [2.24, 2.45) is 23.7 Å². The largest absolute Gasteiger partial charge is 0.497 e. The molecule has 1 aliphatic heterocycles. The van der Waals surface area contributed by atoms with E-state index in [1.54, 1.807) is 38.5 Å². The summed E-state index contributed by atoms with van der Waals surface area (Å²) in [5, 5.41) is 2.85. The van der Waals surface area contributed by atoms with Crippen LogP contribution < -0.4 is 19.7 Å². The number of hydrogen-bond acceptors (Lipinski definition) is 8. The number of nitrogens with zero attached hydrogens (tertiary/aromatic N) is 2. The SMILES string of the molecule is COc1ccc(OC)c(NC(=O)CSc2nc3ccc(N4C(=O)[C@@H]5[C@H](C4=O)[C@H]4C=C[C@H]5C4)cc3s2)c1. The molecule has 0 spiro atoms. The second kappa shape index (κ2) is 8.94. The predicted octanol–water partition coefficient (Wildman–Crippen LogP) is 4.36. The van der Waals surface area contributed by atoms with Gasteiger partial charge >= 0.3 is 0 Å². The van der Waals surface area contributed by atoms with Crippen LogP contribution in [0.2, 0.25) is 0 Å². The number of rotatable bonds is 7. The van der Waals surface area contributed by atoms with Gasteiger partial charge < -0.3 is 14.8 Å². The summed E-state index contributed by atoms with van der Waals surface area (Å²) in [6.45, 7) is 0. The molecule has 3 aromatic rings. The molecule has 36 heavy (non-hydrogen) atoms. The summed E-state index contributed by atoms with van der Waals surface area (Å²) in [6, 6.07) is 10.7. The van der Waals surface area contributed by atoms with Crippen molar-refractivity contribution < 1.29 is 23.9 Å². The Morgan fingerprint density at radius 2 is 1.83 bits per heavy atom. The Morgan fingerprint density at radius 3 is 2.53 bits per heavy atom. The number of fused-ring (bicyclic) bond motifs is 6. The summed E-state index contributed by atoms with van der Waals surface area (Å²) < 4.78 is 12.1. The van der Waals surface area contributed by atoms with Crippen molar-refractivity contribution in [1.29, 1.82) is 0 Å². The van der Waals surface area contributed by atoms with Crippen LogP contribution in [0, 0.1) is 23.7 Å². The number of allylic oxidation sites excluding steroid dienone is 2. The Hall–Kier alpha value is -3.37. The average Bonchev–Trinajstić information content (AvgIpc) is 3.65. The summed E-state index contributed by atoms with van der Waals surface area (Å²) >= 11 is 2.76. The smallest absolute Gasteiger partial charge is 0.238 e. The van der Waals surface area contributed by atoms with E-state index in [2.05, 4.69) is 22.5 Å². The minimum atomic E-state index is -0.225. The lowest BCUT2D eigenvalue weighted by Crippen LogP contribution is -2.32. The van der Waals surface area contributed by atoms with E-state index in [-0.39, 0.29) is 47.1 Å². The van der Waals surface area contributed by atoms with Gasteiger partial charge in [-0.1, -0.05) is 23.9 Å². The number of thioether (sulfide) groups is 1. The van der Waals surface area contributed by atoms with E-state index in [1.807, 2.05) is 12.1 Å². The zero-order valence-corrected chi connectivity index (χ0v) is 21.2. The number of carbonyl (C=O) groups excluding carboxylic acids is 3. The zero-order valence-electron chi connectivity index (χ0n) is 19.6. The van der Waals surface area contributed by atoms with Gasteiger partial charge in [0.1, 0.15) is 11.5 Å². The van der Waals surface area contributed by atoms with E-state index < -0.39 is 0 Å². The van der Waals surface area contributed by atoms with Gasteiger partial charge in [0.25, 0.3) is 0 Å². The summed E-state index contributed by atoms with van der Waals surface area (Å²) in [5.74, 6) is 0.845. The van der Waals surface area contributed by atoms with Crippen molar-refractivity contribution in [3.63, 3.8) is 0 Å². The fourth-order valence-corrected chi connectivity index (χ4v) is 7.38. The van der Waals surface area contributed by atoms with Gasteiger partial charge in [-0.15, -0.1) is 11.3 Å². The Bertz CT molecular complexity index is 1400. The Balaban J connectivity index is 1.15. The predicted molar refractivity (Wildman–Crippen MR) is 139 cm³/mol. The van der Waals surface area contributed by atoms with E-state index in [0.717, 1.165) is 21.0 Å². The van der Waals surface area contributed by atoms with Crippen molar-refractivity contribution in [3.8, 4) is 11.5 Å². The van der Waals surface area contributed by atoms with Crippen LogP contribution in [0.15, 0.2) is 52.9 Å². The zero-order chi connectivity index (χ0) is 25.0. The van der Waals surface area contributed by atoms with E-state index >= 15 is 0 Å². The van der Waals surface area contributed by atoms with Crippen molar-refractivity contribution in [3.05, 3.63) is 48.6 Å². The maximum absolute atomic E-state index is 13.1. The number of aromatic nitrogens is 1. The number of anilines is 2. The number of methoxy groups -OCH3 is 2. The molecule has 0 radical (unpaired) electrons. The Labute approximate surface area is 215 Å². The summed E-state index contributed by atoms with van der Waals surface area (Å²) in [7, 11) is 3.10. The van der Waals surface area contributed by atoms with Gasteiger partial charge in [-0.2, -0.15) is 0 Å². The first-order chi connectivity index (χ1) is 17.5. The van der Waals surface area contributed by atoms with Crippen LogP contribution in [0.4, 0.5) is 11.4 Å². The van der Waals surface area contributed by atoms with Crippen molar-refractivity contribution in [2.75, 3.05) is 30.2 Å². The molecular formula is C26H23N3O5S2. The molecule has 3 amide bonds. The first kappa shape index (κ1) is 23.1. The molecule has 2 aliphatic carbocycles. The van der Waals surface area contributed by atoms with Crippen LogP contribution in [0.5, 0.6) is 11.5 Å². The third kappa shape index (κ3) is 3.75. The molecular weight excluding hydrogens is 498 g/mol. The van der Waals surface area contributed by atoms with Crippen LogP contribution >= 0.6 is 23.1 Å². The lowest BCUT2D eigenvalue weighted by molar-refractivity contribution is -0.123. The minimum Gasteiger partial charge on any atom is -0.497 e. The highest BCUT2D eigenvalue weighted by Gasteiger charge is 2.59. The van der Waals surface area contributed by atoms with Gasteiger partial charge in [0.05, 0.1) is 53.4 Å². The van der Waals surface area contributed by atoms with Gasteiger partial charge in [-0.25, -0.2) is 9.88 Å². The molecule has 1 saturated carbocycles. The molecule has 8 nitrogen and oxygen atoms in total. The normalized spacial score (nSPS) is 24.0. The van der Waals surface area contributed by atoms with Gasteiger partial charge in [-0.05, 0) is 48.6 Å². The monoisotopic (exact) mass is 521 g/mol. The Kier molecular flexibility index (Phi) is 5.72. The number of amides is 3. The minimum absolute atomic E-state index is 0.0926. The molecule has 184 valence electrons. The van der Waals surface area contributed by atoms with Crippen LogP contribution in [0.25, 0.3) is 10.2 Å². The number of thiazole rings is 1.